The van der Waals surface area contributed by atoms with E-state index in [1.165, 1.54) is 30.4 Å². The smallest absolute Gasteiger partial charge is 0.0822 e. The summed E-state index contributed by atoms with van der Waals surface area (Å²) >= 11 is 0. The third-order valence-electron chi connectivity index (χ3n) is 3.72. The fourth-order valence-corrected chi connectivity index (χ4v) is 2.72. The van der Waals surface area contributed by atoms with Crippen LogP contribution in [0.2, 0.25) is 0 Å². The summed E-state index contributed by atoms with van der Waals surface area (Å²) in [5.74, 6) is 0. The molecule has 0 bridgehead atoms. The minimum absolute atomic E-state index is 0.176. The van der Waals surface area contributed by atoms with Crippen molar-refractivity contribution in [3.8, 4) is 6.07 Å². The maximum absolute atomic E-state index is 9.39. The Labute approximate surface area is 98.1 Å². The maximum atomic E-state index is 9.39. The summed E-state index contributed by atoms with van der Waals surface area (Å²) in [6, 6.07) is 11.3. The van der Waals surface area contributed by atoms with Gasteiger partial charge in [-0.15, -0.1) is 0 Å². The number of hydrogen-bond acceptors (Lipinski definition) is 1. The SMILES string of the molecule is CCCc1ccc(C2(C#N)CCCC2)cc1. The second-order valence-corrected chi connectivity index (χ2v) is 4.85. The first-order chi connectivity index (χ1) is 7.80. The minimum atomic E-state index is -0.176. The average molecular weight is 213 g/mol. The van der Waals surface area contributed by atoms with Crippen molar-refractivity contribution in [3.63, 3.8) is 0 Å². The summed E-state index contributed by atoms with van der Waals surface area (Å²) in [5, 5.41) is 9.39. The van der Waals surface area contributed by atoms with Crippen LogP contribution in [0.4, 0.5) is 0 Å². The quantitative estimate of drug-likeness (QED) is 0.745. The van der Waals surface area contributed by atoms with Gasteiger partial charge in [-0.1, -0.05) is 50.5 Å². The molecule has 0 atom stereocenters. The first-order valence-corrected chi connectivity index (χ1v) is 6.31. The van der Waals surface area contributed by atoms with Gasteiger partial charge >= 0.3 is 0 Å². The summed E-state index contributed by atoms with van der Waals surface area (Å²) in [6.45, 7) is 2.20. The lowest BCUT2D eigenvalue weighted by atomic mass is 9.80. The molecule has 1 aromatic carbocycles. The van der Waals surface area contributed by atoms with Gasteiger partial charge in [0.25, 0.3) is 0 Å². The van der Waals surface area contributed by atoms with E-state index >= 15 is 0 Å². The van der Waals surface area contributed by atoms with E-state index < -0.39 is 0 Å². The molecule has 0 unspecified atom stereocenters. The predicted octanol–water partition coefficient (Wildman–Crippen LogP) is 3.97. The zero-order valence-electron chi connectivity index (χ0n) is 10.00. The minimum Gasteiger partial charge on any atom is -0.197 e. The normalized spacial score (nSPS) is 18.2. The Kier molecular flexibility index (Phi) is 3.29. The van der Waals surface area contributed by atoms with E-state index in [1.54, 1.807) is 0 Å². The molecule has 2 rings (SSSR count). The number of benzene rings is 1. The van der Waals surface area contributed by atoms with Gasteiger partial charge in [-0.05, 0) is 30.4 Å². The maximum Gasteiger partial charge on any atom is 0.0822 e. The molecular weight excluding hydrogens is 194 g/mol. The standard InChI is InChI=1S/C15H19N/c1-2-5-13-6-8-14(9-7-13)15(12-16)10-3-4-11-15/h6-9H,2-5,10-11H2,1H3. The molecular formula is C15H19N. The van der Waals surface area contributed by atoms with Crippen molar-refractivity contribution in [1.82, 2.24) is 0 Å². The third-order valence-corrected chi connectivity index (χ3v) is 3.72. The fraction of sp³-hybridized carbons (Fsp3) is 0.533. The highest BCUT2D eigenvalue weighted by molar-refractivity contribution is 5.35. The second-order valence-electron chi connectivity index (χ2n) is 4.85. The van der Waals surface area contributed by atoms with Crippen molar-refractivity contribution in [3.05, 3.63) is 35.4 Å². The first kappa shape index (κ1) is 11.2. The Bertz CT molecular complexity index is 377. The highest BCUT2D eigenvalue weighted by Crippen LogP contribution is 2.40. The summed E-state index contributed by atoms with van der Waals surface area (Å²) < 4.78 is 0. The molecule has 16 heavy (non-hydrogen) atoms. The zero-order chi connectivity index (χ0) is 11.4. The van der Waals surface area contributed by atoms with Gasteiger partial charge in [0, 0.05) is 0 Å². The lowest BCUT2D eigenvalue weighted by Gasteiger charge is -2.20. The van der Waals surface area contributed by atoms with Crippen LogP contribution in [0, 0.1) is 11.3 Å². The van der Waals surface area contributed by atoms with Crippen LogP contribution in [0.15, 0.2) is 24.3 Å². The lowest BCUT2D eigenvalue weighted by molar-refractivity contribution is 0.572. The van der Waals surface area contributed by atoms with Gasteiger partial charge in [0.2, 0.25) is 0 Å². The molecule has 84 valence electrons. The highest BCUT2D eigenvalue weighted by atomic mass is 14.4. The summed E-state index contributed by atoms with van der Waals surface area (Å²) in [7, 11) is 0. The molecule has 0 N–H and O–H groups in total. The molecule has 1 heteroatoms. The van der Waals surface area contributed by atoms with Crippen LogP contribution in [0.5, 0.6) is 0 Å². The Hall–Kier alpha value is -1.29. The van der Waals surface area contributed by atoms with Crippen molar-refractivity contribution in [2.45, 2.75) is 50.9 Å². The largest absolute Gasteiger partial charge is 0.197 e. The number of aryl methyl sites for hydroxylation is 1. The Morgan fingerprint density at radius 3 is 2.31 bits per heavy atom. The van der Waals surface area contributed by atoms with E-state index in [0.717, 1.165) is 19.3 Å². The molecule has 0 heterocycles. The zero-order valence-corrected chi connectivity index (χ0v) is 10.00. The van der Waals surface area contributed by atoms with Crippen molar-refractivity contribution in [2.24, 2.45) is 0 Å². The van der Waals surface area contributed by atoms with Crippen LogP contribution >= 0.6 is 0 Å². The monoisotopic (exact) mass is 213 g/mol. The number of nitriles is 1. The van der Waals surface area contributed by atoms with Gasteiger partial charge in [0.1, 0.15) is 0 Å². The van der Waals surface area contributed by atoms with Crippen molar-refractivity contribution >= 4 is 0 Å². The summed E-state index contributed by atoms with van der Waals surface area (Å²) in [4.78, 5) is 0. The molecule has 0 aliphatic heterocycles. The van der Waals surface area contributed by atoms with Gasteiger partial charge in [-0.25, -0.2) is 0 Å². The van der Waals surface area contributed by atoms with Crippen LogP contribution in [0.25, 0.3) is 0 Å². The Morgan fingerprint density at radius 1 is 1.19 bits per heavy atom. The number of rotatable bonds is 3. The topological polar surface area (TPSA) is 23.8 Å². The van der Waals surface area contributed by atoms with Gasteiger partial charge in [0.05, 0.1) is 11.5 Å². The molecule has 1 saturated carbocycles. The van der Waals surface area contributed by atoms with Crippen LogP contribution in [-0.2, 0) is 11.8 Å². The van der Waals surface area contributed by atoms with Gasteiger partial charge in [-0.3, -0.25) is 0 Å². The molecule has 0 saturated heterocycles. The van der Waals surface area contributed by atoms with E-state index in [-0.39, 0.29) is 5.41 Å². The second kappa shape index (κ2) is 4.70. The average Bonchev–Trinajstić information content (AvgIpc) is 2.80. The first-order valence-electron chi connectivity index (χ1n) is 6.31. The molecule has 0 radical (unpaired) electrons. The third kappa shape index (κ3) is 1.97. The van der Waals surface area contributed by atoms with Crippen LogP contribution < -0.4 is 0 Å². The van der Waals surface area contributed by atoms with E-state index in [0.29, 0.717) is 0 Å². The molecule has 1 aliphatic carbocycles. The molecule has 1 fully saturated rings. The molecule has 0 aromatic heterocycles. The number of hydrogen-bond donors (Lipinski definition) is 0. The molecule has 1 aromatic rings. The summed E-state index contributed by atoms with van der Waals surface area (Å²) in [6.07, 6.45) is 6.80. The Morgan fingerprint density at radius 2 is 1.81 bits per heavy atom. The van der Waals surface area contributed by atoms with Gasteiger partial charge < -0.3 is 0 Å². The van der Waals surface area contributed by atoms with Gasteiger partial charge in [-0.2, -0.15) is 5.26 Å². The lowest BCUT2D eigenvalue weighted by Crippen LogP contribution is -2.19. The molecule has 0 spiro atoms. The molecule has 0 amide bonds. The fourth-order valence-electron chi connectivity index (χ4n) is 2.72. The van der Waals surface area contributed by atoms with E-state index in [9.17, 15) is 5.26 Å². The van der Waals surface area contributed by atoms with Gasteiger partial charge in [0.15, 0.2) is 0 Å². The van der Waals surface area contributed by atoms with Crippen molar-refractivity contribution in [1.29, 1.82) is 5.26 Å². The highest BCUT2D eigenvalue weighted by Gasteiger charge is 2.35. The molecule has 1 nitrogen and oxygen atoms in total. The Balaban J connectivity index is 2.23. The van der Waals surface area contributed by atoms with E-state index in [2.05, 4.69) is 37.3 Å². The van der Waals surface area contributed by atoms with Crippen LogP contribution in [0.3, 0.4) is 0 Å². The predicted molar refractivity (Wildman–Crippen MR) is 66.2 cm³/mol. The van der Waals surface area contributed by atoms with Crippen LogP contribution in [0.1, 0.15) is 50.2 Å². The van der Waals surface area contributed by atoms with E-state index in [1.807, 2.05) is 0 Å². The summed E-state index contributed by atoms with van der Waals surface area (Å²) in [5.41, 5.74) is 2.44. The number of nitrogens with zero attached hydrogens (tertiary/aromatic N) is 1. The van der Waals surface area contributed by atoms with Crippen LogP contribution in [-0.4, -0.2) is 0 Å². The van der Waals surface area contributed by atoms with Crippen molar-refractivity contribution < 1.29 is 0 Å². The van der Waals surface area contributed by atoms with E-state index in [4.69, 9.17) is 0 Å². The molecule has 1 aliphatic rings. The van der Waals surface area contributed by atoms with Crippen molar-refractivity contribution in [2.75, 3.05) is 0 Å².